The number of hydrogen-bond donors (Lipinski definition) is 3. The Morgan fingerprint density at radius 1 is 1.07 bits per heavy atom. The Kier molecular flexibility index (Phi) is 7.07. The molecule has 0 aliphatic heterocycles. The number of imidazole rings is 1. The quantitative estimate of drug-likeness (QED) is 0.207. The zero-order chi connectivity index (χ0) is 31.3. The number of fused-ring (bicyclic) bond motifs is 2. The smallest absolute Gasteiger partial charge is 0.227 e. The van der Waals surface area contributed by atoms with Gasteiger partial charge in [0, 0.05) is 47.5 Å². The summed E-state index contributed by atoms with van der Waals surface area (Å²) in [6, 6.07) is 7.62. The number of H-pyrrole nitrogens is 2. The number of rotatable bonds is 8. The van der Waals surface area contributed by atoms with Crippen molar-refractivity contribution in [3.63, 3.8) is 0 Å². The van der Waals surface area contributed by atoms with E-state index in [0.717, 1.165) is 25.5 Å². The molecule has 11 nitrogen and oxygen atoms in total. The molecule has 5 aromatic heterocycles. The van der Waals surface area contributed by atoms with Crippen LogP contribution < -0.4 is 5.32 Å². The van der Waals surface area contributed by atoms with Crippen LogP contribution in [0.1, 0.15) is 24.8 Å². The van der Waals surface area contributed by atoms with Gasteiger partial charge in [0.2, 0.25) is 5.91 Å². The molecule has 1 aliphatic carbocycles. The van der Waals surface area contributed by atoms with Gasteiger partial charge in [0.15, 0.2) is 11.5 Å². The van der Waals surface area contributed by atoms with Crippen LogP contribution in [0.2, 0.25) is 0 Å². The fraction of sp³-hybridized carbons (Fsp3) is 0.226. The third-order valence-electron chi connectivity index (χ3n) is 7.94. The minimum absolute atomic E-state index is 0.0146. The Labute approximate surface area is 255 Å². The third-order valence-corrected chi connectivity index (χ3v) is 8.89. The van der Waals surface area contributed by atoms with Gasteiger partial charge in [-0.2, -0.15) is 5.10 Å². The first-order chi connectivity index (χ1) is 21.6. The van der Waals surface area contributed by atoms with Crippen molar-refractivity contribution in [1.29, 1.82) is 0 Å². The van der Waals surface area contributed by atoms with Crippen LogP contribution >= 0.6 is 0 Å². The predicted molar refractivity (Wildman–Crippen MR) is 165 cm³/mol. The zero-order valence-corrected chi connectivity index (χ0v) is 24.8. The summed E-state index contributed by atoms with van der Waals surface area (Å²) in [6.07, 6.45) is 9.92. The molecule has 1 saturated carbocycles. The molecule has 1 amide bonds. The summed E-state index contributed by atoms with van der Waals surface area (Å²) in [5, 5.41) is 9.96. The molecular formula is C31H26F2N8O3S. The molecule has 5 heterocycles. The van der Waals surface area contributed by atoms with E-state index in [-0.39, 0.29) is 52.1 Å². The van der Waals surface area contributed by atoms with Crippen LogP contribution in [0.25, 0.3) is 56.0 Å². The SMILES string of the molecule is CS(=O)(=O)CCc1cc(F)cc(-c2nccc3[nH]c(-c4[nH]nc5ncc(-c6cncc(NC(=O)C7CCC7)c6)c(F)c45)nc23)c1. The van der Waals surface area contributed by atoms with E-state index >= 15 is 4.39 Å². The van der Waals surface area contributed by atoms with E-state index < -0.39 is 21.5 Å². The average Bonchev–Trinajstić information content (AvgIpc) is 3.60. The number of nitrogens with zero attached hydrogens (tertiary/aromatic N) is 5. The number of halogens is 2. The Morgan fingerprint density at radius 3 is 2.69 bits per heavy atom. The van der Waals surface area contributed by atoms with E-state index in [1.165, 1.54) is 36.9 Å². The molecule has 3 N–H and O–H groups in total. The fourth-order valence-corrected chi connectivity index (χ4v) is 6.00. The van der Waals surface area contributed by atoms with Crippen molar-refractivity contribution >= 4 is 43.5 Å². The minimum Gasteiger partial charge on any atom is -0.337 e. The predicted octanol–water partition coefficient (Wildman–Crippen LogP) is 5.23. The second-order valence-corrected chi connectivity index (χ2v) is 13.5. The fourth-order valence-electron chi connectivity index (χ4n) is 5.39. The number of pyridine rings is 3. The molecule has 0 atom stereocenters. The number of carbonyl (C=O) groups is 1. The highest BCUT2D eigenvalue weighted by atomic mass is 32.2. The number of aryl methyl sites for hydroxylation is 1. The maximum absolute atomic E-state index is 16.2. The van der Waals surface area contributed by atoms with Crippen molar-refractivity contribution < 1.29 is 22.0 Å². The van der Waals surface area contributed by atoms with E-state index in [9.17, 15) is 17.6 Å². The Balaban J connectivity index is 1.26. The number of hydrogen-bond acceptors (Lipinski definition) is 8. The second kappa shape index (κ2) is 11.1. The zero-order valence-electron chi connectivity index (χ0n) is 23.9. The summed E-state index contributed by atoms with van der Waals surface area (Å²) in [5.74, 6) is -1.09. The number of aromatic amines is 2. The van der Waals surface area contributed by atoms with Gasteiger partial charge in [-0.1, -0.05) is 6.42 Å². The van der Waals surface area contributed by atoms with E-state index in [2.05, 4.69) is 40.4 Å². The van der Waals surface area contributed by atoms with E-state index in [1.54, 1.807) is 18.2 Å². The topological polar surface area (TPSA) is 159 Å². The van der Waals surface area contributed by atoms with Crippen molar-refractivity contribution in [2.45, 2.75) is 25.7 Å². The van der Waals surface area contributed by atoms with Crippen LogP contribution in [0.5, 0.6) is 0 Å². The largest absolute Gasteiger partial charge is 0.337 e. The third kappa shape index (κ3) is 5.64. The molecular weight excluding hydrogens is 602 g/mol. The van der Waals surface area contributed by atoms with Crippen molar-refractivity contribution in [2.75, 3.05) is 17.3 Å². The van der Waals surface area contributed by atoms with Gasteiger partial charge in [-0.05, 0) is 55.2 Å². The molecule has 0 spiro atoms. The average molecular weight is 629 g/mol. The van der Waals surface area contributed by atoms with Gasteiger partial charge >= 0.3 is 0 Å². The van der Waals surface area contributed by atoms with E-state index in [4.69, 9.17) is 0 Å². The highest BCUT2D eigenvalue weighted by Crippen LogP contribution is 2.35. The molecule has 45 heavy (non-hydrogen) atoms. The van der Waals surface area contributed by atoms with Gasteiger partial charge in [0.25, 0.3) is 0 Å². The summed E-state index contributed by atoms with van der Waals surface area (Å²) in [4.78, 5) is 33.3. The Morgan fingerprint density at radius 2 is 1.91 bits per heavy atom. The van der Waals surface area contributed by atoms with Crippen LogP contribution in [-0.2, 0) is 21.1 Å². The second-order valence-electron chi connectivity index (χ2n) is 11.2. The molecule has 1 fully saturated rings. The number of sulfone groups is 1. The Bertz CT molecular complexity index is 2230. The van der Waals surface area contributed by atoms with Gasteiger partial charge in [0.05, 0.1) is 34.2 Å². The van der Waals surface area contributed by atoms with Crippen LogP contribution in [0.3, 0.4) is 0 Å². The van der Waals surface area contributed by atoms with Crippen LogP contribution in [0.15, 0.2) is 55.1 Å². The van der Waals surface area contributed by atoms with Crippen molar-refractivity contribution in [1.82, 2.24) is 35.1 Å². The minimum atomic E-state index is -3.24. The monoisotopic (exact) mass is 628 g/mol. The highest BCUT2D eigenvalue weighted by molar-refractivity contribution is 7.90. The van der Waals surface area contributed by atoms with Crippen LogP contribution in [0.4, 0.5) is 14.5 Å². The Hall–Kier alpha value is -5.11. The lowest BCUT2D eigenvalue weighted by Crippen LogP contribution is -2.28. The highest BCUT2D eigenvalue weighted by Gasteiger charge is 2.26. The lowest BCUT2D eigenvalue weighted by atomic mass is 9.85. The summed E-state index contributed by atoms with van der Waals surface area (Å²) >= 11 is 0. The number of anilines is 1. The molecule has 14 heteroatoms. The van der Waals surface area contributed by atoms with Crippen molar-refractivity contribution in [3.05, 3.63) is 72.3 Å². The summed E-state index contributed by atoms with van der Waals surface area (Å²) < 4.78 is 54.1. The summed E-state index contributed by atoms with van der Waals surface area (Å²) in [6.45, 7) is 0. The number of aromatic nitrogens is 7. The van der Waals surface area contributed by atoms with Crippen molar-refractivity contribution in [2.24, 2.45) is 5.92 Å². The first-order valence-electron chi connectivity index (χ1n) is 14.2. The van der Waals surface area contributed by atoms with Crippen LogP contribution in [-0.4, -0.2) is 61.5 Å². The maximum atomic E-state index is 16.2. The normalized spacial score (nSPS) is 13.8. The first kappa shape index (κ1) is 28.6. The number of carbonyl (C=O) groups excluding carboxylic acids is 1. The standard InChI is InChI=1S/C31H26F2N8O3S/c1-45(43,44)8-6-16-9-18(11-20(32)10-16)26-27-23(5-7-35-26)38-30(39-27)28-24-25(33)22(15-36-29(24)41-40-28)19-12-21(14-34-13-19)37-31(42)17-3-2-4-17/h5,7,9-15,17H,2-4,6,8H2,1H3,(H,37,42)(H,38,39)(H,36,40,41). The first-order valence-corrected chi connectivity index (χ1v) is 16.3. The van der Waals surface area contributed by atoms with Gasteiger partial charge in [0.1, 0.15) is 32.7 Å². The van der Waals surface area contributed by atoms with Gasteiger partial charge < -0.3 is 10.3 Å². The number of nitrogens with one attached hydrogen (secondary N) is 3. The lowest BCUT2D eigenvalue weighted by molar-refractivity contribution is -0.122. The maximum Gasteiger partial charge on any atom is 0.227 e. The molecule has 228 valence electrons. The van der Waals surface area contributed by atoms with Crippen LogP contribution in [0, 0.1) is 17.6 Å². The number of benzene rings is 1. The van der Waals surface area contributed by atoms with E-state index in [0.29, 0.717) is 39.1 Å². The van der Waals surface area contributed by atoms with E-state index in [1.807, 2.05) is 0 Å². The summed E-state index contributed by atoms with van der Waals surface area (Å²) in [5.41, 5.74) is 3.68. The molecule has 0 bridgehead atoms. The number of amides is 1. The molecule has 7 rings (SSSR count). The molecule has 6 aromatic rings. The van der Waals surface area contributed by atoms with Gasteiger partial charge in [-0.3, -0.25) is 19.9 Å². The molecule has 1 aliphatic rings. The molecule has 1 aromatic carbocycles. The van der Waals surface area contributed by atoms with Gasteiger partial charge in [-0.15, -0.1) is 0 Å². The molecule has 0 radical (unpaired) electrons. The summed E-state index contributed by atoms with van der Waals surface area (Å²) in [7, 11) is -3.24. The molecule has 0 unspecified atom stereocenters. The lowest BCUT2D eigenvalue weighted by Gasteiger charge is -2.24. The molecule has 0 saturated heterocycles. The van der Waals surface area contributed by atoms with Crippen molar-refractivity contribution in [3.8, 4) is 33.9 Å². The van der Waals surface area contributed by atoms with Gasteiger partial charge in [-0.25, -0.2) is 27.2 Å².